The lowest BCUT2D eigenvalue weighted by Gasteiger charge is -2.55. The second kappa shape index (κ2) is 17.1. The van der Waals surface area contributed by atoms with Gasteiger partial charge in [0.2, 0.25) is 11.0 Å². The maximum absolute atomic E-state index is 13.6. The summed E-state index contributed by atoms with van der Waals surface area (Å²) in [7, 11) is 0. The fraction of sp³-hybridized carbons (Fsp3) is 0.386. The van der Waals surface area contributed by atoms with Crippen LogP contribution in [0.2, 0.25) is 0 Å². The van der Waals surface area contributed by atoms with Gasteiger partial charge in [0.25, 0.3) is 11.8 Å². The number of ketones is 1. The molecule has 2 saturated heterocycles. The molecule has 8 atom stereocenters. The van der Waals surface area contributed by atoms with Crippen molar-refractivity contribution in [3.8, 4) is 34.5 Å². The van der Waals surface area contributed by atoms with Crippen molar-refractivity contribution >= 4 is 58.0 Å². The molecule has 1 spiro atoms. The predicted octanol–water partition coefficient (Wildman–Crippen LogP) is 3.46. The Bertz CT molecular complexity index is 2510. The third kappa shape index (κ3) is 8.25. The predicted molar refractivity (Wildman–Crippen MR) is 224 cm³/mol. The number of phenolic OH excluding ortho intramolecular Hbond substituents is 6. The number of carbonyl (C=O) groups excluding carboxylic acids is 6. The van der Waals surface area contributed by atoms with E-state index in [1.165, 1.54) is 12.1 Å². The summed E-state index contributed by atoms with van der Waals surface area (Å²) in [4.78, 5) is 91.8. The molecule has 338 valence electrons. The summed E-state index contributed by atoms with van der Waals surface area (Å²) in [6, 6.07) is 5.06. The van der Waals surface area contributed by atoms with E-state index in [9.17, 15) is 69.3 Å². The summed E-state index contributed by atoms with van der Waals surface area (Å²) in [5.41, 5.74) is -3.36. The van der Waals surface area contributed by atoms with Gasteiger partial charge in [-0.1, -0.05) is 36.9 Å². The molecular weight excluding hydrogens is 859 g/mol. The number of allylic oxidation sites excluding steroid dienone is 2. The highest BCUT2D eigenvalue weighted by molar-refractivity contribution is 8.14. The average Bonchev–Trinajstić information content (AvgIpc) is 3.61. The Morgan fingerprint density at radius 1 is 0.828 bits per heavy atom. The number of aromatic hydroxyl groups is 6. The fourth-order valence-corrected chi connectivity index (χ4v) is 10.7. The van der Waals surface area contributed by atoms with Crippen LogP contribution in [0.3, 0.4) is 0 Å². The van der Waals surface area contributed by atoms with E-state index in [1.54, 1.807) is 6.08 Å². The maximum atomic E-state index is 13.6. The first kappa shape index (κ1) is 45.2. The van der Waals surface area contributed by atoms with E-state index in [0.29, 0.717) is 17.7 Å². The molecule has 2 saturated carbocycles. The average molecular weight is 904 g/mol. The van der Waals surface area contributed by atoms with E-state index in [-0.39, 0.29) is 41.7 Å². The van der Waals surface area contributed by atoms with Crippen LogP contribution in [-0.2, 0) is 28.7 Å². The van der Waals surface area contributed by atoms with Crippen LogP contribution in [0.4, 0.5) is 5.69 Å². The molecule has 2 aliphatic heterocycles. The number of phenols is 6. The first-order valence-corrected chi connectivity index (χ1v) is 21.1. The molecule has 2 heterocycles. The molecule has 20 heteroatoms. The molecule has 4 fully saturated rings. The van der Waals surface area contributed by atoms with E-state index in [1.807, 2.05) is 18.3 Å². The van der Waals surface area contributed by atoms with Gasteiger partial charge in [0.05, 0.1) is 28.4 Å². The Balaban J connectivity index is 1.03. The number of esters is 1. The SMILES string of the molecule is C[C@@]12C[C@]34C=CC(=O)[C@](C)(CCC(=O)Nc5c(O)ccc(C(=O)SCC(NC(=O)c6cccc(O)c6O)C(=O)OC[C@H](NC(=O)c6cccc(O)c6O)C(=O)O)c5O)[C@H]3[C@@H](C[C@H]1C4)O2. The lowest BCUT2D eigenvalue weighted by Crippen LogP contribution is -2.56. The zero-order valence-electron chi connectivity index (χ0n) is 34.3. The Hall–Kier alpha value is -6.80. The number of nitrogens with one attached hydrogen (secondary N) is 3. The van der Waals surface area contributed by atoms with Crippen molar-refractivity contribution in [3.63, 3.8) is 0 Å². The lowest BCUT2D eigenvalue weighted by molar-refractivity contribution is -0.169. The number of aliphatic carboxylic acids is 1. The normalized spacial score (nSPS) is 25.8. The van der Waals surface area contributed by atoms with Gasteiger partial charge in [0.1, 0.15) is 24.1 Å². The second-order valence-electron chi connectivity index (χ2n) is 17.0. The minimum absolute atomic E-state index is 0.120. The molecule has 19 nitrogen and oxygen atoms in total. The first-order valence-electron chi connectivity index (χ1n) is 20.1. The van der Waals surface area contributed by atoms with E-state index in [4.69, 9.17) is 9.47 Å². The van der Waals surface area contributed by atoms with Gasteiger partial charge in [-0.05, 0) is 86.4 Å². The van der Waals surface area contributed by atoms with Crippen molar-refractivity contribution in [2.24, 2.45) is 22.7 Å². The van der Waals surface area contributed by atoms with E-state index in [0.717, 1.165) is 55.7 Å². The van der Waals surface area contributed by atoms with Crippen LogP contribution in [0.15, 0.2) is 60.7 Å². The number of carbonyl (C=O) groups is 7. The molecule has 3 aromatic carbocycles. The number of hydrogen-bond acceptors (Lipinski definition) is 16. The van der Waals surface area contributed by atoms with Crippen molar-refractivity contribution in [1.29, 1.82) is 0 Å². The third-order valence-corrected chi connectivity index (χ3v) is 13.9. The van der Waals surface area contributed by atoms with Crippen LogP contribution in [0.1, 0.15) is 77.0 Å². The van der Waals surface area contributed by atoms with E-state index < -0.39 is 122 Å². The van der Waals surface area contributed by atoms with Crippen molar-refractivity contribution in [2.45, 2.75) is 69.7 Å². The molecule has 1 unspecified atom stereocenters. The molecule has 0 aromatic heterocycles. The van der Waals surface area contributed by atoms with Gasteiger partial charge in [-0.25, -0.2) is 9.59 Å². The van der Waals surface area contributed by atoms with Crippen LogP contribution in [0.25, 0.3) is 0 Å². The van der Waals surface area contributed by atoms with E-state index in [2.05, 4.69) is 17.6 Å². The topological polar surface area (TPSA) is 316 Å². The monoisotopic (exact) mass is 903 g/mol. The van der Waals surface area contributed by atoms with Gasteiger partial charge < -0.3 is 61.2 Å². The van der Waals surface area contributed by atoms with Crippen LogP contribution >= 0.6 is 11.8 Å². The molecule has 5 aliphatic rings. The number of anilines is 1. The zero-order chi connectivity index (χ0) is 46.5. The third-order valence-electron chi connectivity index (χ3n) is 12.9. The summed E-state index contributed by atoms with van der Waals surface area (Å²) in [6.45, 7) is 2.90. The largest absolute Gasteiger partial charge is 0.506 e. The smallest absolute Gasteiger partial charge is 0.329 e. The van der Waals surface area contributed by atoms with Crippen molar-refractivity contribution < 1.29 is 78.8 Å². The number of hydrogen-bond donors (Lipinski definition) is 10. The maximum Gasteiger partial charge on any atom is 0.329 e. The second-order valence-corrected chi connectivity index (χ2v) is 18.0. The van der Waals surface area contributed by atoms with Crippen LogP contribution in [0.5, 0.6) is 34.5 Å². The highest BCUT2D eigenvalue weighted by Gasteiger charge is 2.71. The molecule has 3 aromatic rings. The van der Waals surface area contributed by atoms with Crippen LogP contribution < -0.4 is 16.0 Å². The zero-order valence-corrected chi connectivity index (χ0v) is 35.1. The minimum atomic E-state index is -1.94. The van der Waals surface area contributed by atoms with Gasteiger partial charge in [0, 0.05) is 23.5 Å². The highest BCUT2D eigenvalue weighted by Crippen LogP contribution is 2.71. The van der Waals surface area contributed by atoms with Gasteiger partial charge in [-0.2, -0.15) is 0 Å². The van der Waals surface area contributed by atoms with Crippen molar-refractivity contribution in [1.82, 2.24) is 10.6 Å². The summed E-state index contributed by atoms with van der Waals surface area (Å²) < 4.78 is 11.6. The summed E-state index contributed by atoms with van der Waals surface area (Å²) >= 11 is 0.344. The minimum Gasteiger partial charge on any atom is -0.506 e. The molecule has 10 N–H and O–H groups in total. The number of amides is 3. The van der Waals surface area contributed by atoms with E-state index >= 15 is 0 Å². The molecule has 0 radical (unpaired) electrons. The molecule has 4 bridgehead atoms. The standard InChI is InChI=1S/C44H45N3O16S/c1-42(30(51)11-14-44-16-20-15-29(36(42)44)63-43(20,2)19-44)13-12-31(52)47-32-26(48)10-9-23(35(32)55)41(61)64-18-25(46-38(57)22-6-4-8-28(50)34(22)54)40(60)62-17-24(39(58)59)45-37(56)21-5-3-7-27(49)33(21)53/h3-11,14,20,24-25,29,36,48-50,53-55H,12-13,15-19H2,1-2H3,(H,45,56)(H,46,57)(H,47,52)(H,58,59)/t20-,24-,25?,29+,36+,42-,43+,44+/m0/s1. The molecular formula is C44H45N3O16S. The first-order chi connectivity index (χ1) is 30.2. The lowest BCUT2D eigenvalue weighted by atomic mass is 9.51. The van der Waals surface area contributed by atoms with Crippen LogP contribution in [-0.4, -0.2) is 112 Å². The molecule has 3 aliphatic carbocycles. The van der Waals surface area contributed by atoms with Crippen molar-refractivity contribution in [2.75, 3.05) is 17.7 Å². The number of carboxylic acid groups (broad SMARTS) is 1. The number of para-hydroxylation sites is 2. The Kier molecular flexibility index (Phi) is 12.1. The summed E-state index contributed by atoms with van der Waals surface area (Å²) in [5, 5.41) is 77.3. The van der Waals surface area contributed by atoms with Gasteiger partial charge in [-0.3, -0.25) is 24.0 Å². The molecule has 8 rings (SSSR count). The summed E-state index contributed by atoms with van der Waals surface area (Å²) in [6.07, 6.45) is 5.96. The molecule has 64 heavy (non-hydrogen) atoms. The number of ether oxygens (including phenoxy) is 2. The number of benzene rings is 3. The highest BCUT2D eigenvalue weighted by atomic mass is 32.2. The molecule has 3 amide bonds. The van der Waals surface area contributed by atoms with Gasteiger partial charge in [-0.15, -0.1) is 0 Å². The summed E-state index contributed by atoms with van der Waals surface area (Å²) in [5.74, 6) is -11.1. The van der Waals surface area contributed by atoms with Gasteiger partial charge >= 0.3 is 11.9 Å². The van der Waals surface area contributed by atoms with Gasteiger partial charge in [0.15, 0.2) is 40.6 Å². The quantitative estimate of drug-likeness (QED) is 0.0771. The number of rotatable bonds is 15. The Labute approximate surface area is 368 Å². The van der Waals surface area contributed by atoms with Crippen molar-refractivity contribution in [3.05, 3.63) is 77.4 Å². The Morgan fingerprint density at radius 3 is 2.06 bits per heavy atom. The number of thioether (sulfide) groups is 1. The fourth-order valence-electron chi connectivity index (χ4n) is 9.83. The number of carboxylic acids is 1. The van der Waals surface area contributed by atoms with Crippen LogP contribution in [0, 0.1) is 22.7 Å². The Morgan fingerprint density at radius 2 is 1.45 bits per heavy atom.